The standard InChI is InChI=1S/C11H18N2O2S/c1-7(2)4-9(5-14)12-11(15)10-6-16-13-8(10)3/h6-7,9,14H,4-5H2,1-3H3,(H,12,15). The summed E-state index contributed by atoms with van der Waals surface area (Å²) in [4.78, 5) is 11.8. The van der Waals surface area contributed by atoms with Crippen LogP contribution in [0.5, 0.6) is 0 Å². The van der Waals surface area contributed by atoms with Gasteiger partial charge in [0.25, 0.3) is 5.91 Å². The first-order valence-electron chi connectivity index (χ1n) is 5.37. The number of amides is 1. The van der Waals surface area contributed by atoms with Crippen molar-refractivity contribution < 1.29 is 9.90 Å². The Labute approximate surface area is 99.9 Å². The van der Waals surface area contributed by atoms with Crippen LogP contribution in [-0.4, -0.2) is 28.0 Å². The molecule has 2 N–H and O–H groups in total. The zero-order valence-electron chi connectivity index (χ0n) is 9.86. The van der Waals surface area contributed by atoms with E-state index in [2.05, 4.69) is 23.5 Å². The van der Waals surface area contributed by atoms with Crippen molar-refractivity contribution in [3.05, 3.63) is 16.6 Å². The molecule has 1 aromatic rings. The Morgan fingerprint density at radius 3 is 2.75 bits per heavy atom. The van der Waals surface area contributed by atoms with E-state index in [4.69, 9.17) is 5.11 Å². The van der Waals surface area contributed by atoms with E-state index in [1.165, 1.54) is 11.5 Å². The van der Waals surface area contributed by atoms with Gasteiger partial charge in [-0.15, -0.1) is 0 Å². The lowest BCUT2D eigenvalue weighted by atomic mass is 10.0. The average molecular weight is 242 g/mol. The predicted octanol–water partition coefficient (Wildman–Crippen LogP) is 1.59. The van der Waals surface area contributed by atoms with Crippen molar-refractivity contribution in [2.75, 3.05) is 6.61 Å². The summed E-state index contributed by atoms with van der Waals surface area (Å²) in [6.07, 6.45) is 0.777. The number of nitrogens with one attached hydrogen (secondary N) is 1. The molecule has 1 aromatic heterocycles. The lowest BCUT2D eigenvalue weighted by Gasteiger charge is -2.17. The number of carbonyl (C=O) groups is 1. The molecule has 0 aliphatic carbocycles. The number of rotatable bonds is 5. The first-order chi connectivity index (χ1) is 7.54. The SMILES string of the molecule is Cc1nscc1C(=O)NC(CO)CC(C)C. The van der Waals surface area contributed by atoms with E-state index < -0.39 is 0 Å². The predicted molar refractivity (Wildman–Crippen MR) is 64.6 cm³/mol. The molecular formula is C11H18N2O2S. The Morgan fingerprint density at radius 2 is 2.31 bits per heavy atom. The van der Waals surface area contributed by atoms with Crippen LogP contribution in [0, 0.1) is 12.8 Å². The normalized spacial score (nSPS) is 12.8. The number of hydrogen-bond acceptors (Lipinski definition) is 4. The molecule has 0 aliphatic rings. The van der Waals surface area contributed by atoms with Crippen LogP contribution in [0.4, 0.5) is 0 Å². The van der Waals surface area contributed by atoms with Gasteiger partial charge in [-0.05, 0) is 30.8 Å². The van der Waals surface area contributed by atoms with E-state index in [1.807, 2.05) is 6.92 Å². The molecule has 1 heterocycles. The molecule has 0 saturated carbocycles. The molecule has 90 valence electrons. The van der Waals surface area contributed by atoms with Gasteiger partial charge in [0.2, 0.25) is 0 Å². The monoisotopic (exact) mass is 242 g/mol. The molecule has 0 radical (unpaired) electrons. The first kappa shape index (κ1) is 13.1. The van der Waals surface area contributed by atoms with Gasteiger partial charge in [0.05, 0.1) is 23.9 Å². The van der Waals surface area contributed by atoms with Crippen LogP contribution in [0.15, 0.2) is 5.38 Å². The van der Waals surface area contributed by atoms with Gasteiger partial charge in [-0.1, -0.05) is 13.8 Å². The van der Waals surface area contributed by atoms with Crippen LogP contribution in [0.25, 0.3) is 0 Å². The Kier molecular flexibility index (Phi) is 4.89. The van der Waals surface area contributed by atoms with E-state index in [-0.39, 0.29) is 18.6 Å². The van der Waals surface area contributed by atoms with E-state index in [9.17, 15) is 4.79 Å². The maximum absolute atomic E-state index is 11.8. The van der Waals surface area contributed by atoms with Crippen molar-refractivity contribution in [2.24, 2.45) is 5.92 Å². The fraction of sp³-hybridized carbons (Fsp3) is 0.636. The number of aliphatic hydroxyl groups is 1. The topological polar surface area (TPSA) is 62.2 Å². The number of aromatic nitrogens is 1. The summed E-state index contributed by atoms with van der Waals surface area (Å²) in [6.45, 7) is 5.90. The van der Waals surface area contributed by atoms with Crippen LogP contribution in [-0.2, 0) is 0 Å². The maximum atomic E-state index is 11.8. The van der Waals surface area contributed by atoms with Gasteiger partial charge in [0, 0.05) is 5.38 Å². The van der Waals surface area contributed by atoms with Gasteiger partial charge in [-0.2, -0.15) is 4.37 Å². The quantitative estimate of drug-likeness (QED) is 0.824. The van der Waals surface area contributed by atoms with Gasteiger partial charge < -0.3 is 10.4 Å². The van der Waals surface area contributed by atoms with Crippen molar-refractivity contribution in [1.82, 2.24) is 9.69 Å². The lowest BCUT2D eigenvalue weighted by molar-refractivity contribution is 0.0908. The summed E-state index contributed by atoms with van der Waals surface area (Å²) in [7, 11) is 0. The van der Waals surface area contributed by atoms with E-state index in [1.54, 1.807) is 5.38 Å². The Bertz CT molecular complexity index is 350. The average Bonchev–Trinajstić information content (AvgIpc) is 2.62. The fourth-order valence-electron chi connectivity index (χ4n) is 1.52. The second-order valence-corrected chi connectivity index (χ2v) is 4.93. The molecule has 0 aliphatic heterocycles. The Morgan fingerprint density at radius 1 is 1.62 bits per heavy atom. The second-order valence-electron chi connectivity index (χ2n) is 4.30. The summed E-state index contributed by atoms with van der Waals surface area (Å²) in [5, 5.41) is 13.7. The van der Waals surface area contributed by atoms with Crippen LogP contribution in [0.2, 0.25) is 0 Å². The van der Waals surface area contributed by atoms with Gasteiger partial charge in [-0.3, -0.25) is 4.79 Å². The van der Waals surface area contributed by atoms with Crippen molar-refractivity contribution in [2.45, 2.75) is 33.2 Å². The molecule has 16 heavy (non-hydrogen) atoms. The summed E-state index contributed by atoms with van der Waals surface area (Å²) in [6, 6.07) is -0.174. The van der Waals surface area contributed by atoms with E-state index in [0.29, 0.717) is 11.5 Å². The summed E-state index contributed by atoms with van der Waals surface area (Å²) in [5.74, 6) is 0.296. The number of nitrogens with zero attached hydrogens (tertiary/aromatic N) is 1. The van der Waals surface area contributed by atoms with Crippen LogP contribution >= 0.6 is 11.5 Å². The maximum Gasteiger partial charge on any atom is 0.254 e. The van der Waals surface area contributed by atoms with Crippen molar-refractivity contribution in [3.63, 3.8) is 0 Å². The van der Waals surface area contributed by atoms with Crippen LogP contribution in [0.3, 0.4) is 0 Å². The Balaban J connectivity index is 2.59. The molecular weight excluding hydrogens is 224 g/mol. The highest BCUT2D eigenvalue weighted by molar-refractivity contribution is 7.03. The summed E-state index contributed by atoms with van der Waals surface area (Å²) < 4.78 is 4.05. The zero-order valence-corrected chi connectivity index (χ0v) is 10.7. The number of aliphatic hydroxyl groups excluding tert-OH is 1. The van der Waals surface area contributed by atoms with Gasteiger partial charge in [-0.25, -0.2) is 0 Å². The molecule has 0 spiro atoms. The number of hydrogen-bond donors (Lipinski definition) is 2. The second kappa shape index (κ2) is 5.96. The molecule has 1 amide bonds. The van der Waals surface area contributed by atoms with Gasteiger partial charge >= 0.3 is 0 Å². The number of carbonyl (C=O) groups excluding carboxylic acids is 1. The highest BCUT2D eigenvalue weighted by atomic mass is 32.1. The lowest BCUT2D eigenvalue weighted by Crippen LogP contribution is -2.38. The van der Waals surface area contributed by atoms with E-state index in [0.717, 1.165) is 12.1 Å². The third-order valence-electron chi connectivity index (χ3n) is 2.31. The molecule has 0 bridgehead atoms. The summed E-state index contributed by atoms with van der Waals surface area (Å²) in [5.41, 5.74) is 1.34. The molecule has 1 unspecified atom stereocenters. The minimum Gasteiger partial charge on any atom is -0.394 e. The molecule has 0 fully saturated rings. The molecule has 1 atom stereocenters. The van der Waals surface area contributed by atoms with Crippen LogP contribution in [0.1, 0.15) is 36.3 Å². The molecule has 4 nitrogen and oxygen atoms in total. The smallest absolute Gasteiger partial charge is 0.254 e. The molecule has 0 aromatic carbocycles. The number of aryl methyl sites for hydroxylation is 1. The largest absolute Gasteiger partial charge is 0.394 e. The van der Waals surface area contributed by atoms with Gasteiger partial charge in [0.15, 0.2) is 0 Å². The fourth-order valence-corrected chi connectivity index (χ4v) is 2.21. The highest BCUT2D eigenvalue weighted by Crippen LogP contribution is 2.10. The minimum atomic E-state index is -0.174. The third kappa shape index (κ3) is 3.57. The molecule has 1 rings (SSSR count). The Hall–Kier alpha value is -0.940. The van der Waals surface area contributed by atoms with Crippen molar-refractivity contribution in [3.8, 4) is 0 Å². The molecule has 5 heteroatoms. The zero-order chi connectivity index (χ0) is 12.1. The van der Waals surface area contributed by atoms with Crippen LogP contribution < -0.4 is 5.32 Å². The molecule has 0 saturated heterocycles. The van der Waals surface area contributed by atoms with Crippen molar-refractivity contribution >= 4 is 17.4 Å². The summed E-state index contributed by atoms with van der Waals surface area (Å²) >= 11 is 1.27. The highest BCUT2D eigenvalue weighted by Gasteiger charge is 2.16. The minimum absolute atomic E-state index is 0.0272. The van der Waals surface area contributed by atoms with E-state index >= 15 is 0 Å². The first-order valence-corrected chi connectivity index (χ1v) is 6.21. The van der Waals surface area contributed by atoms with Gasteiger partial charge in [0.1, 0.15) is 0 Å². The van der Waals surface area contributed by atoms with Crippen molar-refractivity contribution in [1.29, 1.82) is 0 Å². The third-order valence-corrected chi connectivity index (χ3v) is 3.03.